The highest BCUT2D eigenvalue weighted by Crippen LogP contribution is 2.59. The third-order valence-electron chi connectivity index (χ3n) is 6.55. The molecule has 1 aromatic carbocycles. The molecule has 1 aromatic rings. The molecule has 0 aromatic heterocycles. The van der Waals surface area contributed by atoms with Gasteiger partial charge < -0.3 is 19.6 Å². The van der Waals surface area contributed by atoms with Gasteiger partial charge in [-0.2, -0.15) is 13.2 Å². The van der Waals surface area contributed by atoms with Crippen LogP contribution in [0.1, 0.15) is 19.3 Å². The molecule has 1 amide bonds. The summed E-state index contributed by atoms with van der Waals surface area (Å²) in [6.07, 6.45) is -6.23. The molecular weight excluding hydrogens is 489 g/mol. The summed E-state index contributed by atoms with van der Waals surface area (Å²) in [4.78, 5) is 26.7. The number of aliphatic carboxylic acids is 1. The molecule has 0 spiro atoms. The van der Waals surface area contributed by atoms with E-state index in [1.165, 1.54) is 12.1 Å². The maximum atomic E-state index is 13.4. The number of sulfone groups is 1. The van der Waals surface area contributed by atoms with Gasteiger partial charge in [0.15, 0.2) is 9.84 Å². The number of alkyl halides is 3. The van der Waals surface area contributed by atoms with Crippen LogP contribution in [0.4, 0.5) is 18.9 Å². The Morgan fingerprint density at radius 3 is 2.33 bits per heavy atom. The number of carbonyl (C=O) groups is 2. The Hall–Kier alpha value is -2.05. The minimum absolute atomic E-state index is 0.0791. The number of rotatable bonds is 5. The topological polar surface area (TPSA) is 104 Å². The van der Waals surface area contributed by atoms with Crippen molar-refractivity contribution in [3.8, 4) is 0 Å². The molecule has 33 heavy (non-hydrogen) atoms. The normalized spacial score (nSPS) is 25.2. The Kier molecular flexibility index (Phi) is 6.07. The molecule has 1 aliphatic carbocycles. The number of carboxylic acid groups (broad SMARTS) is 1. The van der Waals surface area contributed by atoms with Gasteiger partial charge >= 0.3 is 12.1 Å². The minimum atomic E-state index is -4.83. The number of carbonyl (C=O) groups excluding carboxylic acids is 1. The first kappa shape index (κ1) is 24.1. The Morgan fingerprint density at radius 2 is 1.82 bits per heavy atom. The fourth-order valence-electron chi connectivity index (χ4n) is 4.42. The first-order valence-electron chi connectivity index (χ1n) is 10.4. The highest BCUT2D eigenvalue weighted by atomic mass is 35.5. The van der Waals surface area contributed by atoms with Crippen molar-refractivity contribution in [3.05, 3.63) is 23.2 Å². The Morgan fingerprint density at radius 1 is 1.18 bits per heavy atom. The lowest BCUT2D eigenvalue weighted by atomic mass is 10.0. The standard InChI is InChI=1S/C20H22ClF3N2O6S/c21-14-9-12(25-5-7-32-8-6-25)1-2-16(14)33(30,31)13-10-15(17(27)28)26(11-13)18(29)19(3-4-19)20(22,23)24/h1-2,9,13,15H,3-8,10-11H2,(H,27,28). The smallest absolute Gasteiger partial charge is 0.403 e. The maximum absolute atomic E-state index is 13.4. The van der Waals surface area contributed by atoms with E-state index in [-0.39, 0.29) is 9.92 Å². The van der Waals surface area contributed by atoms with Crippen molar-refractivity contribution in [2.24, 2.45) is 5.41 Å². The lowest BCUT2D eigenvalue weighted by Gasteiger charge is -2.29. The number of amides is 1. The van der Waals surface area contributed by atoms with E-state index >= 15 is 0 Å². The average Bonchev–Trinajstić information content (AvgIpc) is 3.45. The van der Waals surface area contributed by atoms with Gasteiger partial charge in [-0.15, -0.1) is 0 Å². The van der Waals surface area contributed by atoms with E-state index in [0.29, 0.717) is 36.9 Å². The molecule has 1 saturated carbocycles. The molecule has 182 valence electrons. The molecule has 8 nitrogen and oxygen atoms in total. The van der Waals surface area contributed by atoms with Crippen LogP contribution < -0.4 is 4.90 Å². The van der Waals surface area contributed by atoms with Crippen LogP contribution in [0.2, 0.25) is 5.02 Å². The monoisotopic (exact) mass is 510 g/mol. The molecule has 2 aliphatic heterocycles. The van der Waals surface area contributed by atoms with Crippen LogP contribution in [0.15, 0.2) is 23.1 Å². The molecule has 13 heteroatoms. The zero-order valence-corrected chi connectivity index (χ0v) is 18.9. The highest BCUT2D eigenvalue weighted by molar-refractivity contribution is 7.92. The summed E-state index contributed by atoms with van der Waals surface area (Å²) >= 11 is 6.27. The van der Waals surface area contributed by atoms with Gasteiger partial charge in [-0.1, -0.05) is 11.6 Å². The van der Waals surface area contributed by atoms with Crippen molar-refractivity contribution < 1.29 is 41.0 Å². The van der Waals surface area contributed by atoms with Gasteiger partial charge in [-0.25, -0.2) is 13.2 Å². The number of anilines is 1. The molecule has 3 fully saturated rings. The molecule has 2 unspecified atom stereocenters. The average molecular weight is 511 g/mol. The number of hydrogen-bond acceptors (Lipinski definition) is 6. The van der Waals surface area contributed by atoms with E-state index in [1.54, 1.807) is 6.07 Å². The maximum Gasteiger partial charge on any atom is 0.403 e. The molecule has 1 N–H and O–H groups in total. The summed E-state index contributed by atoms with van der Waals surface area (Å²) in [6, 6.07) is 2.69. The molecule has 3 aliphatic rings. The summed E-state index contributed by atoms with van der Waals surface area (Å²) in [5, 5.41) is 8.03. The number of ether oxygens (including phenoxy) is 1. The number of hydrogen-bond donors (Lipinski definition) is 1. The van der Waals surface area contributed by atoms with E-state index in [1.807, 2.05) is 4.90 Å². The van der Waals surface area contributed by atoms with Crippen molar-refractivity contribution in [2.45, 2.75) is 41.6 Å². The van der Waals surface area contributed by atoms with Crippen LogP contribution in [0.25, 0.3) is 0 Å². The van der Waals surface area contributed by atoms with Gasteiger partial charge in [0.25, 0.3) is 0 Å². The van der Waals surface area contributed by atoms with Crippen LogP contribution in [0, 0.1) is 5.41 Å². The molecule has 0 bridgehead atoms. The number of carboxylic acids is 1. The van der Waals surface area contributed by atoms with Gasteiger partial charge in [0.1, 0.15) is 11.5 Å². The SMILES string of the molecule is O=C(O)C1CC(S(=O)(=O)c2ccc(N3CCOCC3)cc2Cl)CN1C(=O)C1(C(F)(F)F)CC1. The second kappa shape index (κ2) is 8.31. The molecule has 2 saturated heterocycles. The van der Waals surface area contributed by atoms with Crippen LogP contribution in [0.5, 0.6) is 0 Å². The molecule has 2 atom stereocenters. The first-order chi connectivity index (χ1) is 15.4. The molecule has 0 radical (unpaired) electrons. The third-order valence-corrected chi connectivity index (χ3v) is 9.16. The van der Waals surface area contributed by atoms with E-state index in [0.717, 1.165) is 0 Å². The first-order valence-corrected chi connectivity index (χ1v) is 12.3. The van der Waals surface area contributed by atoms with Crippen molar-refractivity contribution in [3.63, 3.8) is 0 Å². The molecular formula is C20H22ClF3N2O6S. The fourth-order valence-corrected chi connectivity index (χ4v) is 6.66. The summed E-state index contributed by atoms with van der Waals surface area (Å²) in [5.41, 5.74) is -1.94. The van der Waals surface area contributed by atoms with Crippen molar-refractivity contribution >= 4 is 39.0 Å². The molecule has 4 rings (SSSR count). The summed E-state index contributed by atoms with van der Waals surface area (Å²) in [5.74, 6) is -2.93. The van der Waals surface area contributed by atoms with E-state index < -0.39 is 70.4 Å². The Balaban J connectivity index is 1.59. The fraction of sp³-hybridized carbons (Fsp3) is 0.600. The van der Waals surface area contributed by atoms with Gasteiger partial charge in [0.2, 0.25) is 5.91 Å². The third kappa shape index (κ3) is 4.17. The summed E-state index contributed by atoms with van der Waals surface area (Å²) < 4.78 is 72.1. The second-order valence-electron chi connectivity index (χ2n) is 8.51. The van der Waals surface area contributed by atoms with Gasteiger partial charge in [0, 0.05) is 25.3 Å². The predicted molar refractivity (Wildman–Crippen MR) is 111 cm³/mol. The van der Waals surface area contributed by atoms with Gasteiger partial charge in [-0.3, -0.25) is 4.79 Å². The van der Waals surface area contributed by atoms with E-state index in [2.05, 4.69) is 0 Å². The number of halogens is 4. The van der Waals surface area contributed by atoms with Crippen molar-refractivity contribution in [2.75, 3.05) is 37.7 Å². The van der Waals surface area contributed by atoms with Crippen LogP contribution in [-0.4, -0.2) is 80.6 Å². The highest BCUT2D eigenvalue weighted by Gasteiger charge is 2.70. The van der Waals surface area contributed by atoms with Gasteiger partial charge in [-0.05, 0) is 37.5 Å². The lowest BCUT2D eigenvalue weighted by Crippen LogP contribution is -2.48. The van der Waals surface area contributed by atoms with E-state index in [4.69, 9.17) is 16.3 Å². The minimum Gasteiger partial charge on any atom is -0.480 e. The summed E-state index contributed by atoms with van der Waals surface area (Å²) in [7, 11) is -4.22. The molecule has 2 heterocycles. The van der Waals surface area contributed by atoms with E-state index in [9.17, 15) is 36.3 Å². The number of benzene rings is 1. The summed E-state index contributed by atoms with van der Waals surface area (Å²) in [6.45, 7) is 1.59. The van der Waals surface area contributed by atoms with Crippen molar-refractivity contribution in [1.29, 1.82) is 0 Å². The number of nitrogens with zero attached hydrogens (tertiary/aromatic N) is 2. The Bertz CT molecular complexity index is 1070. The Labute approximate surface area is 193 Å². The second-order valence-corrected chi connectivity index (χ2v) is 11.1. The quantitative estimate of drug-likeness (QED) is 0.648. The number of morpholine rings is 1. The zero-order valence-electron chi connectivity index (χ0n) is 17.3. The van der Waals surface area contributed by atoms with Gasteiger partial charge in [0.05, 0.1) is 28.4 Å². The van der Waals surface area contributed by atoms with Crippen LogP contribution >= 0.6 is 11.6 Å². The zero-order chi connectivity index (χ0) is 24.2. The van der Waals surface area contributed by atoms with Crippen LogP contribution in [0.3, 0.4) is 0 Å². The lowest BCUT2D eigenvalue weighted by molar-refractivity contribution is -0.199. The number of likely N-dealkylation sites (tertiary alicyclic amines) is 1. The van der Waals surface area contributed by atoms with Crippen LogP contribution in [-0.2, 0) is 24.2 Å². The largest absolute Gasteiger partial charge is 0.480 e. The predicted octanol–water partition coefficient (Wildman–Crippen LogP) is 2.35. The van der Waals surface area contributed by atoms with Crippen molar-refractivity contribution in [1.82, 2.24) is 4.90 Å².